The van der Waals surface area contributed by atoms with Crippen LogP contribution in [-0.4, -0.2) is 49.7 Å². The third-order valence-corrected chi connectivity index (χ3v) is 4.83. The second-order valence-corrected chi connectivity index (χ2v) is 6.58. The van der Waals surface area contributed by atoms with E-state index in [1.807, 2.05) is 24.3 Å². The smallest absolute Gasteiger partial charge is 0.321 e. The lowest BCUT2D eigenvalue weighted by atomic mass is 10.1. The molecule has 7 heteroatoms. The monoisotopic (exact) mass is 367 g/mol. The predicted octanol–water partition coefficient (Wildman–Crippen LogP) is 2.97. The number of anilines is 2. The molecule has 0 aliphatic carbocycles. The van der Waals surface area contributed by atoms with Crippen LogP contribution in [0.5, 0.6) is 11.5 Å². The lowest BCUT2D eigenvalue weighted by Gasteiger charge is -2.36. The number of ether oxygens (including phenoxy) is 2. The van der Waals surface area contributed by atoms with Crippen molar-refractivity contribution in [3.05, 3.63) is 48.0 Å². The van der Waals surface area contributed by atoms with Crippen LogP contribution in [-0.2, 0) is 0 Å². The van der Waals surface area contributed by atoms with Crippen molar-refractivity contribution in [2.24, 2.45) is 0 Å². The van der Waals surface area contributed by atoms with Crippen molar-refractivity contribution in [2.75, 3.05) is 43.2 Å². The van der Waals surface area contributed by atoms with Crippen LogP contribution in [0.25, 0.3) is 0 Å². The zero-order valence-electron chi connectivity index (χ0n) is 15.1. The number of ketones is 1. The Bertz CT molecular complexity index is 858. The van der Waals surface area contributed by atoms with Crippen LogP contribution in [0.1, 0.15) is 17.3 Å². The van der Waals surface area contributed by atoms with Gasteiger partial charge in [-0.05, 0) is 43.3 Å². The molecule has 2 aliphatic heterocycles. The molecule has 1 fully saturated rings. The van der Waals surface area contributed by atoms with Crippen LogP contribution in [0.15, 0.2) is 42.5 Å². The van der Waals surface area contributed by atoms with E-state index in [0.29, 0.717) is 35.8 Å². The van der Waals surface area contributed by atoms with E-state index in [-0.39, 0.29) is 18.6 Å². The first kappa shape index (κ1) is 17.2. The van der Waals surface area contributed by atoms with Crippen LogP contribution in [0.3, 0.4) is 0 Å². The summed E-state index contributed by atoms with van der Waals surface area (Å²) in [6.45, 7) is 4.52. The molecule has 7 nitrogen and oxygen atoms in total. The van der Waals surface area contributed by atoms with Crippen molar-refractivity contribution in [2.45, 2.75) is 6.92 Å². The Morgan fingerprint density at radius 2 is 1.63 bits per heavy atom. The minimum atomic E-state index is -0.125. The van der Waals surface area contributed by atoms with Gasteiger partial charge in [-0.3, -0.25) is 4.79 Å². The first-order valence-electron chi connectivity index (χ1n) is 8.92. The molecule has 1 saturated heterocycles. The largest absolute Gasteiger partial charge is 0.454 e. The number of amides is 2. The minimum absolute atomic E-state index is 0.0616. The molecule has 0 saturated carbocycles. The molecule has 4 rings (SSSR count). The van der Waals surface area contributed by atoms with E-state index in [0.717, 1.165) is 18.8 Å². The third kappa shape index (κ3) is 3.67. The number of carbonyl (C=O) groups excluding carboxylic acids is 2. The summed E-state index contributed by atoms with van der Waals surface area (Å²) < 4.78 is 10.6. The van der Waals surface area contributed by atoms with E-state index < -0.39 is 0 Å². The van der Waals surface area contributed by atoms with Gasteiger partial charge in [-0.1, -0.05) is 0 Å². The van der Waals surface area contributed by atoms with Gasteiger partial charge in [0.1, 0.15) is 0 Å². The lowest BCUT2D eigenvalue weighted by Crippen LogP contribution is -2.50. The Labute approximate surface area is 157 Å². The number of nitrogens with one attached hydrogen (secondary N) is 1. The number of piperazine rings is 1. The molecule has 0 atom stereocenters. The van der Waals surface area contributed by atoms with Gasteiger partial charge in [-0.2, -0.15) is 0 Å². The number of rotatable bonds is 3. The second kappa shape index (κ2) is 7.19. The molecule has 2 amide bonds. The lowest BCUT2D eigenvalue weighted by molar-refractivity contribution is 0.101. The molecule has 0 aromatic heterocycles. The molecular formula is C20H21N3O4. The maximum atomic E-state index is 12.5. The van der Waals surface area contributed by atoms with E-state index in [2.05, 4.69) is 10.2 Å². The molecule has 2 aromatic carbocycles. The highest BCUT2D eigenvalue weighted by Crippen LogP contribution is 2.34. The maximum Gasteiger partial charge on any atom is 0.321 e. The average molecular weight is 367 g/mol. The summed E-state index contributed by atoms with van der Waals surface area (Å²) in [5, 5.41) is 2.91. The van der Waals surface area contributed by atoms with E-state index >= 15 is 0 Å². The molecule has 0 unspecified atom stereocenters. The van der Waals surface area contributed by atoms with Crippen LogP contribution in [0.4, 0.5) is 16.2 Å². The summed E-state index contributed by atoms with van der Waals surface area (Å²) in [6, 6.07) is 12.8. The zero-order chi connectivity index (χ0) is 18.8. The van der Waals surface area contributed by atoms with Gasteiger partial charge in [-0.15, -0.1) is 0 Å². The summed E-state index contributed by atoms with van der Waals surface area (Å²) in [4.78, 5) is 27.9. The van der Waals surface area contributed by atoms with Crippen LogP contribution in [0, 0.1) is 0 Å². The summed E-state index contributed by atoms with van der Waals surface area (Å²) in [5.74, 6) is 1.40. The topological polar surface area (TPSA) is 71.1 Å². The SMILES string of the molecule is CC(=O)c1ccc(N2CCN(C(=O)Nc3ccc4c(c3)OCO4)CC2)cc1. The predicted molar refractivity (Wildman–Crippen MR) is 102 cm³/mol. The molecule has 2 aliphatic rings. The van der Waals surface area contributed by atoms with Gasteiger partial charge in [-0.25, -0.2) is 4.79 Å². The highest BCUT2D eigenvalue weighted by Gasteiger charge is 2.22. The summed E-state index contributed by atoms with van der Waals surface area (Å²) in [7, 11) is 0. The molecule has 0 bridgehead atoms. The Balaban J connectivity index is 1.33. The number of hydrogen-bond acceptors (Lipinski definition) is 5. The van der Waals surface area contributed by atoms with Crippen molar-refractivity contribution in [1.82, 2.24) is 4.90 Å². The fraction of sp³-hybridized carbons (Fsp3) is 0.300. The number of fused-ring (bicyclic) bond motifs is 1. The molecule has 2 aromatic rings. The Morgan fingerprint density at radius 1 is 0.926 bits per heavy atom. The van der Waals surface area contributed by atoms with E-state index in [4.69, 9.17) is 9.47 Å². The summed E-state index contributed by atoms with van der Waals surface area (Å²) in [6.07, 6.45) is 0. The van der Waals surface area contributed by atoms with Crippen molar-refractivity contribution in [3.63, 3.8) is 0 Å². The highest BCUT2D eigenvalue weighted by molar-refractivity contribution is 5.94. The van der Waals surface area contributed by atoms with E-state index in [9.17, 15) is 9.59 Å². The van der Waals surface area contributed by atoms with Crippen LogP contribution < -0.4 is 19.7 Å². The highest BCUT2D eigenvalue weighted by atomic mass is 16.7. The molecule has 0 radical (unpaired) electrons. The number of benzene rings is 2. The molecule has 140 valence electrons. The summed E-state index contributed by atoms with van der Waals surface area (Å²) in [5.41, 5.74) is 2.46. The Kier molecular flexibility index (Phi) is 4.58. The van der Waals surface area contributed by atoms with E-state index in [1.54, 1.807) is 30.0 Å². The van der Waals surface area contributed by atoms with Crippen molar-refractivity contribution in [1.29, 1.82) is 0 Å². The number of hydrogen-bond donors (Lipinski definition) is 1. The first-order chi connectivity index (χ1) is 13.1. The molecule has 0 spiro atoms. The fourth-order valence-corrected chi connectivity index (χ4v) is 3.25. The van der Waals surface area contributed by atoms with Gasteiger partial charge in [0.25, 0.3) is 0 Å². The number of carbonyl (C=O) groups is 2. The van der Waals surface area contributed by atoms with Gasteiger partial charge in [0.05, 0.1) is 0 Å². The average Bonchev–Trinajstić information content (AvgIpc) is 3.16. The normalized spacial score (nSPS) is 15.6. The molecule has 27 heavy (non-hydrogen) atoms. The maximum absolute atomic E-state index is 12.5. The van der Waals surface area contributed by atoms with Crippen LogP contribution in [0.2, 0.25) is 0 Å². The minimum Gasteiger partial charge on any atom is -0.454 e. The van der Waals surface area contributed by atoms with Crippen molar-refractivity contribution >= 4 is 23.2 Å². The molecule has 2 heterocycles. The zero-order valence-corrected chi connectivity index (χ0v) is 15.1. The molecule has 1 N–H and O–H groups in total. The standard InChI is InChI=1S/C20H21N3O4/c1-14(24)15-2-5-17(6-3-15)22-8-10-23(11-9-22)20(25)21-16-4-7-18-19(12-16)27-13-26-18/h2-7,12H,8-11,13H2,1H3,(H,21,25). The Morgan fingerprint density at radius 3 is 2.33 bits per heavy atom. The van der Waals surface area contributed by atoms with Gasteiger partial charge in [0, 0.05) is 49.2 Å². The first-order valence-corrected chi connectivity index (χ1v) is 8.92. The van der Waals surface area contributed by atoms with Crippen molar-refractivity contribution < 1.29 is 19.1 Å². The van der Waals surface area contributed by atoms with Gasteiger partial charge in [0.2, 0.25) is 6.79 Å². The Hall–Kier alpha value is -3.22. The second-order valence-electron chi connectivity index (χ2n) is 6.58. The number of urea groups is 1. The third-order valence-electron chi connectivity index (χ3n) is 4.83. The fourth-order valence-electron chi connectivity index (χ4n) is 3.25. The van der Waals surface area contributed by atoms with E-state index in [1.165, 1.54) is 0 Å². The van der Waals surface area contributed by atoms with Gasteiger partial charge >= 0.3 is 6.03 Å². The van der Waals surface area contributed by atoms with Gasteiger partial charge in [0.15, 0.2) is 17.3 Å². The molecular weight excluding hydrogens is 346 g/mol. The number of nitrogens with zero attached hydrogens (tertiary/aromatic N) is 2. The quantitative estimate of drug-likeness (QED) is 0.845. The van der Waals surface area contributed by atoms with Gasteiger partial charge < -0.3 is 24.6 Å². The van der Waals surface area contributed by atoms with Crippen molar-refractivity contribution in [3.8, 4) is 11.5 Å². The number of Topliss-reactive ketones (excluding diaryl/α,β-unsaturated/α-hetero) is 1. The van der Waals surface area contributed by atoms with Crippen LogP contribution >= 0.6 is 0 Å². The summed E-state index contributed by atoms with van der Waals surface area (Å²) >= 11 is 0.